The molecule has 1 aromatic rings. The fourth-order valence-electron chi connectivity index (χ4n) is 2.17. The highest BCUT2D eigenvalue weighted by Crippen LogP contribution is 2.26. The van der Waals surface area contributed by atoms with Crippen LogP contribution in [-0.4, -0.2) is 27.7 Å². The van der Waals surface area contributed by atoms with E-state index in [1.807, 2.05) is 0 Å². The molecule has 1 aliphatic rings. The molecule has 0 unspecified atom stereocenters. The summed E-state index contributed by atoms with van der Waals surface area (Å²) in [7, 11) is 0. The second-order valence-corrected chi connectivity index (χ2v) is 5.12. The highest BCUT2D eigenvalue weighted by atomic mass is 79.9. The van der Waals surface area contributed by atoms with E-state index in [0.717, 1.165) is 17.3 Å². The van der Waals surface area contributed by atoms with Gasteiger partial charge in [0.25, 0.3) is 0 Å². The maximum absolute atomic E-state index is 9.30. The van der Waals surface area contributed by atoms with Crippen molar-refractivity contribution < 1.29 is 5.11 Å². The van der Waals surface area contributed by atoms with Crippen molar-refractivity contribution in [2.75, 3.05) is 11.9 Å². The van der Waals surface area contributed by atoms with E-state index in [4.69, 9.17) is 0 Å². The highest BCUT2D eigenvalue weighted by Gasteiger charge is 2.24. The third kappa shape index (κ3) is 2.92. The summed E-state index contributed by atoms with van der Waals surface area (Å²) in [4.78, 5) is 8.38. The maximum Gasteiger partial charge on any atom is 0.222 e. The average Bonchev–Trinajstić information content (AvgIpc) is 2.33. The molecule has 0 spiro atoms. The Balaban J connectivity index is 1.99. The molecule has 0 aromatic carbocycles. The smallest absolute Gasteiger partial charge is 0.222 e. The minimum atomic E-state index is 0.244. The summed E-state index contributed by atoms with van der Waals surface area (Å²) in [6.45, 7) is 0.244. The number of hydrogen-bond acceptors (Lipinski definition) is 4. The fourth-order valence-corrected chi connectivity index (χ4v) is 2.37. The number of anilines is 1. The van der Waals surface area contributed by atoms with Crippen molar-refractivity contribution in [3.8, 4) is 0 Å². The minimum Gasteiger partial charge on any atom is -0.396 e. The van der Waals surface area contributed by atoms with Crippen molar-refractivity contribution in [3.63, 3.8) is 0 Å². The molecule has 0 bridgehead atoms. The molecule has 2 N–H and O–H groups in total. The minimum absolute atomic E-state index is 0.244. The van der Waals surface area contributed by atoms with Gasteiger partial charge in [-0.05, 0) is 28.8 Å². The van der Waals surface area contributed by atoms with Gasteiger partial charge in [0.2, 0.25) is 5.95 Å². The summed E-state index contributed by atoms with van der Waals surface area (Å²) >= 11 is 3.30. The Bertz CT molecular complexity index is 331. The van der Waals surface area contributed by atoms with Crippen LogP contribution in [0.3, 0.4) is 0 Å². The second-order valence-electron chi connectivity index (χ2n) is 4.20. The Kier molecular flexibility index (Phi) is 4.12. The van der Waals surface area contributed by atoms with E-state index < -0.39 is 0 Å². The number of nitrogens with one attached hydrogen (secondary N) is 1. The van der Waals surface area contributed by atoms with Gasteiger partial charge in [-0.1, -0.05) is 12.8 Å². The molecule has 1 aliphatic carbocycles. The summed E-state index contributed by atoms with van der Waals surface area (Å²) in [5.41, 5.74) is 0. The first-order valence-electron chi connectivity index (χ1n) is 5.64. The van der Waals surface area contributed by atoms with E-state index in [1.165, 1.54) is 12.8 Å². The number of hydrogen-bond donors (Lipinski definition) is 2. The van der Waals surface area contributed by atoms with Crippen LogP contribution in [0.5, 0.6) is 0 Å². The molecule has 0 radical (unpaired) electrons. The first-order chi connectivity index (χ1) is 7.79. The predicted molar refractivity (Wildman–Crippen MR) is 66.2 cm³/mol. The van der Waals surface area contributed by atoms with Gasteiger partial charge < -0.3 is 10.4 Å². The number of aromatic nitrogens is 2. The largest absolute Gasteiger partial charge is 0.396 e. The molecule has 1 aromatic heterocycles. The van der Waals surface area contributed by atoms with Gasteiger partial charge in [-0.25, -0.2) is 9.97 Å². The topological polar surface area (TPSA) is 58.0 Å². The second kappa shape index (κ2) is 5.59. The number of halogens is 1. The molecular formula is C11H16BrN3O. The Morgan fingerprint density at radius 3 is 2.69 bits per heavy atom. The van der Waals surface area contributed by atoms with Crippen molar-refractivity contribution in [2.45, 2.75) is 31.7 Å². The molecule has 88 valence electrons. The number of nitrogens with zero attached hydrogens (tertiary/aromatic N) is 2. The van der Waals surface area contributed by atoms with Crippen molar-refractivity contribution in [3.05, 3.63) is 16.9 Å². The van der Waals surface area contributed by atoms with Crippen LogP contribution in [0.4, 0.5) is 5.95 Å². The molecule has 0 aliphatic heterocycles. The van der Waals surface area contributed by atoms with Gasteiger partial charge >= 0.3 is 0 Å². The van der Waals surface area contributed by atoms with Crippen molar-refractivity contribution in [1.29, 1.82) is 0 Å². The third-order valence-corrected chi connectivity index (χ3v) is 3.49. The average molecular weight is 286 g/mol. The van der Waals surface area contributed by atoms with Gasteiger partial charge in [0.05, 0.1) is 4.47 Å². The molecule has 1 heterocycles. The Morgan fingerprint density at radius 1 is 1.31 bits per heavy atom. The van der Waals surface area contributed by atoms with Gasteiger partial charge in [0, 0.05) is 31.0 Å². The molecule has 1 fully saturated rings. The van der Waals surface area contributed by atoms with Crippen LogP contribution >= 0.6 is 15.9 Å². The van der Waals surface area contributed by atoms with E-state index in [2.05, 4.69) is 31.2 Å². The molecule has 4 nitrogen and oxygen atoms in total. The van der Waals surface area contributed by atoms with Crippen LogP contribution in [0.15, 0.2) is 16.9 Å². The molecule has 2 rings (SSSR count). The molecule has 16 heavy (non-hydrogen) atoms. The van der Waals surface area contributed by atoms with Crippen LogP contribution in [0, 0.1) is 5.92 Å². The van der Waals surface area contributed by atoms with E-state index in [-0.39, 0.29) is 6.61 Å². The first-order valence-corrected chi connectivity index (χ1v) is 6.44. The summed E-state index contributed by atoms with van der Waals surface area (Å²) in [6, 6.07) is 0.305. The quantitative estimate of drug-likeness (QED) is 0.894. The zero-order valence-electron chi connectivity index (χ0n) is 9.06. The lowest BCUT2D eigenvalue weighted by Crippen LogP contribution is -2.34. The van der Waals surface area contributed by atoms with Crippen molar-refractivity contribution in [2.24, 2.45) is 5.92 Å². The van der Waals surface area contributed by atoms with Crippen molar-refractivity contribution in [1.82, 2.24) is 9.97 Å². The fraction of sp³-hybridized carbons (Fsp3) is 0.636. The summed E-state index contributed by atoms with van der Waals surface area (Å²) in [5.74, 6) is 0.981. The molecular weight excluding hydrogens is 270 g/mol. The summed E-state index contributed by atoms with van der Waals surface area (Å²) < 4.78 is 0.875. The Hall–Kier alpha value is -0.680. The van der Waals surface area contributed by atoms with E-state index >= 15 is 0 Å². The van der Waals surface area contributed by atoms with E-state index in [1.54, 1.807) is 12.4 Å². The highest BCUT2D eigenvalue weighted by molar-refractivity contribution is 9.10. The normalized spacial score (nSPS) is 25.4. The molecule has 2 atom stereocenters. The van der Waals surface area contributed by atoms with Gasteiger partial charge in [-0.15, -0.1) is 0 Å². The molecule has 0 amide bonds. The maximum atomic E-state index is 9.30. The van der Waals surface area contributed by atoms with Gasteiger partial charge in [-0.3, -0.25) is 0 Å². The standard InChI is InChI=1S/C11H16BrN3O/c12-9-5-13-11(14-6-9)15-10-4-2-1-3-8(10)7-16/h5-6,8,10,16H,1-4,7H2,(H,13,14,15)/t8-,10-/m1/s1. The Labute approximate surface area is 104 Å². The summed E-state index contributed by atoms with van der Waals surface area (Å²) in [6.07, 6.45) is 8.06. The predicted octanol–water partition coefficient (Wildman–Crippen LogP) is 2.20. The molecule has 0 saturated heterocycles. The van der Waals surface area contributed by atoms with Gasteiger partial charge in [0.1, 0.15) is 0 Å². The number of aliphatic hydroxyl groups excluding tert-OH is 1. The SMILES string of the molecule is OC[C@H]1CCCC[C@H]1Nc1ncc(Br)cn1. The lowest BCUT2D eigenvalue weighted by Gasteiger charge is -2.30. The number of rotatable bonds is 3. The van der Waals surface area contributed by atoms with Crippen LogP contribution in [0.2, 0.25) is 0 Å². The number of aliphatic hydroxyl groups is 1. The van der Waals surface area contributed by atoms with Crippen LogP contribution in [0.25, 0.3) is 0 Å². The third-order valence-electron chi connectivity index (χ3n) is 3.08. The zero-order valence-corrected chi connectivity index (χ0v) is 10.7. The lowest BCUT2D eigenvalue weighted by molar-refractivity contribution is 0.178. The van der Waals surface area contributed by atoms with Crippen LogP contribution < -0.4 is 5.32 Å². The molecule has 5 heteroatoms. The van der Waals surface area contributed by atoms with Crippen LogP contribution in [-0.2, 0) is 0 Å². The zero-order chi connectivity index (χ0) is 11.4. The Morgan fingerprint density at radius 2 is 2.00 bits per heavy atom. The van der Waals surface area contributed by atoms with E-state index in [0.29, 0.717) is 17.9 Å². The monoisotopic (exact) mass is 285 g/mol. The first kappa shape index (κ1) is 11.8. The van der Waals surface area contributed by atoms with Gasteiger partial charge in [-0.2, -0.15) is 0 Å². The summed E-state index contributed by atoms with van der Waals surface area (Å²) in [5, 5.41) is 12.6. The molecule has 1 saturated carbocycles. The van der Waals surface area contributed by atoms with Gasteiger partial charge in [0.15, 0.2) is 0 Å². The lowest BCUT2D eigenvalue weighted by atomic mass is 9.85. The van der Waals surface area contributed by atoms with Crippen molar-refractivity contribution >= 4 is 21.9 Å². The van der Waals surface area contributed by atoms with E-state index in [9.17, 15) is 5.11 Å². The van der Waals surface area contributed by atoms with Crippen LogP contribution in [0.1, 0.15) is 25.7 Å².